The van der Waals surface area contributed by atoms with Gasteiger partial charge in [0.05, 0.1) is 6.04 Å². The number of phenols is 1. The van der Waals surface area contributed by atoms with Crippen LogP contribution in [0.25, 0.3) is 0 Å². The first-order valence-electron chi connectivity index (χ1n) is 12.5. The maximum atomic E-state index is 13.3. The van der Waals surface area contributed by atoms with E-state index in [0.717, 1.165) is 5.56 Å². The number of carbonyl (C=O) groups excluding carboxylic acids is 3. The third kappa shape index (κ3) is 9.52. The van der Waals surface area contributed by atoms with E-state index >= 15 is 0 Å². The summed E-state index contributed by atoms with van der Waals surface area (Å²) >= 11 is 1.51. The summed E-state index contributed by atoms with van der Waals surface area (Å²) in [5, 5.41) is 24.4. The number of rotatable bonds is 15. The second kappa shape index (κ2) is 15.4. The molecule has 206 valence electrons. The van der Waals surface area contributed by atoms with Gasteiger partial charge in [0, 0.05) is 6.54 Å². The number of nitrogens with zero attached hydrogens (tertiary/aromatic N) is 1. The molecule has 1 aliphatic heterocycles. The average molecular weight is 538 g/mol. The van der Waals surface area contributed by atoms with Gasteiger partial charge in [-0.25, -0.2) is 4.79 Å². The summed E-state index contributed by atoms with van der Waals surface area (Å²) in [5.74, 6) is -1.83. The zero-order chi connectivity index (χ0) is 27.4. The highest BCUT2D eigenvalue weighted by Gasteiger charge is 2.38. The van der Waals surface area contributed by atoms with Crippen molar-refractivity contribution in [3.63, 3.8) is 0 Å². The number of nitrogens with one attached hydrogen (secondary N) is 2. The van der Waals surface area contributed by atoms with Crippen molar-refractivity contribution >= 4 is 35.5 Å². The third-order valence-electron chi connectivity index (χ3n) is 6.35. The van der Waals surface area contributed by atoms with E-state index in [1.165, 1.54) is 28.8 Å². The van der Waals surface area contributed by atoms with Crippen molar-refractivity contribution in [2.75, 3.05) is 25.1 Å². The Kier molecular flexibility index (Phi) is 12.7. The lowest BCUT2D eigenvalue weighted by atomic mass is 10.0. The lowest BCUT2D eigenvalue weighted by Gasteiger charge is -2.29. The van der Waals surface area contributed by atoms with Gasteiger partial charge in [0.25, 0.3) is 0 Å². The van der Waals surface area contributed by atoms with Gasteiger partial charge in [-0.2, -0.15) is 11.8 Å². The lowest BCUT2D eigenvalue weighted by Crippen LogP contribution is -2.57. The Bertz CT molecular complexity index is 915. The maximum Gasteiger partial charge on any atom is 0.326 e. The number of hydrogen-bond acceptors (Lipinski definition) is 8. The molecule has 8 N–H and O–H groups in total. The number of phenolic OH excluding ortho intramolecular Hbond substituents is 1. The van der Waals surface area contributed by atoms with Crippen molar-refractivity contribution in [2.45, 2.75) is 69.1 Å². The zero-order valence-corrected chi connectivity index (χ0v) is 22.0. The molecule has 0 radical (unpaired) electrons. The molecule has 1 saturated heterocycles. The number of aliphatic carboxylic acids is 1. The van der Waals surface area contributed by atoms with Crippen LogP contribution < -0.4 is 22.1 Å². The van der Waals surface area contributed by atoms with E-state index in [0.29, 0.717) is 57.4 Å². The quantitative estimate of drug-likeness (QED) is 0.170. The molecule has 0 aliphatic carbocycles. The summed E-state index contributed by atoms with van der Waals surface area (Å²) in [5.41, 5.74) is 12.4. The smallest absolute Gasteiger partial charge is 0.326 e. The molecule has 0 spiro atoms. The molecule has 4 atom stereocenters. The van der Waals surface area contributed by atoms with Crippen LogP contribution in [-0.4, -0.2) is 88.1 Å². The van der Waals surface area contributed by atoms with Crippen LogP contribution in [0.5, 0.6) is 5.75 Å². The number of aromatic hydroxyl groups is 1. The third-order valence-corrected chi connectivity index (χ3v) is 7.00. The van der Waals surface area contributed by atoms with Gasteiger partial charge in [0.2, 0.25) is 17.7 Å². The monoisotopic (exact) mass is 537 g/mol. The number of thioether (sulfide) groups is 1. The minimum Gasteiger partial charge on any atom is -0.508 e. The van der Waals surface area contributed by atoms with Crippen molar-refractivity contribution in [3.8, 4) is 5.75 Å². The predicted molar refractivity (Wildman–Crippen MR) is 142 cm³/mol. The molecule has 0 bridgehead atoms. The molecule has 1 aliphatic rings. The molecule has 11 nitrogen and oxygen atoms in total. The fraction of sp³-hybridized carbons (Fsp3) is 0.600. The van der Waals surface area contributed by atoms with Crippen LogP contribution in [0.4, 0.5) is 0 Å². The Morgan fingerprint density at radius 3 is 2.38 bits per heavy atom. The molecule has 0 saturated carbocycles. The number of amides is 3. The first kappa shape index (κ1) is 30.4. The van der Waals surface area contributed by atoms with Gasteiger partial charge in [0.15, 0.2) is 0 Å². The van der Waals surface area contributed by atoms with E-state index < -0.39 is 47.9 Å². The Morgan fingerprint density at radius 2 is 1.76 bits per heavy atom. The highest BCUT2D eigenvalue weighted by atomic mass is 32.2. The summed E-state index contributed by atoms with van der Waals surface area (Å²) in [4.78, 5) is 52.3. The van der Waals surface area contributed by atoms with E-state index in [9.17, 15) is 29.4 Å². The topological polar surface area (TPSA) is 188 Å². The van der Waals surface area contributed by atoms with Gasteiger partial charge in [-0.15, -0.1) is 0 Å². The average Bonchev–Trinajstić information content (AvgIpc) is 3.37. The summed E-state index contributed by atoms with van der Waals surface area (Å²) in [7, 11) is 0. The first-order valence-corrected chi connectivity index (χ1v) is 13.9. The molecule has 1 heterocycles. The molecule has 37 heavy (non-hydrogen) atoms. The fourth-order valence-electron chi connectivity index (χ4n) is 4.27. The van der Waals surface area contributed by atoms with Crippen molar-refractivity contribution in [1.82, 2.24) is 15.5 Å². The number of carbonyl (C=O) groups is 4. The number of carboxylic acids is 1. The van der Waals surface area contributed by atoms with E-state index in [-0.39, 0.29) is 12.2 Å². The van der Waals surface area contributed by atoms with Crippen LogP contribution in [0.1, 0.15) is 44.1 Å². The van der Waals surface area contributed by atoms with Gasteiger partial charge < -0.3 is 37.2 Å². The summed E-state index contributed by atoms with van der Waals surface area (Å²) in [6.45, 7) is 0.749. The molecule has 4 unspecified atom stereocenters. The molecule has 1 fully saturated rings. The van der Waals surface area contributed by atoms with Crippen LogP contribution in [0.3, 0.4) is 0 Å². The van der Waals surface area contributed by atoms with Crippen LogP contribution in [-0.2, 0) is 25.6 Å². The van der Waals surface area contributed by atoms with Crippen LogP contribution in [0.15, 0.2) is 24.3 Å². The fourth-order valence-corrected chi connectivity index (χ4v) is 4.74. The van der Waals surface area contributed by atoms with E-state index in [2.05, 4.69) is 10.6 Å². The first-order chi connectivity index (χ1) is 17.7. The Labute approximate surface area is 221 Å². The highest BCUT2D eigenvalue weighted by molar-refractivity contribution is 7.98. The van der Waals surface area contributed by atoms with Gasteiger partial charge >= 0.3 is 5.97 Å². The molecular formula is C25H39N5O6S. The Hall–Kier alpha value is -2.83. The normalized spacial score (nSPS) is 17.6. The molecular weight excluding hydrogens is 498 g/mol. The SMILES string of the molecule is CSCCC(NC(=O)C(N)Cc1ccc(O)cc1)C(=O)NC(CCCCN)C(=O)N1CCCC1C(=O)O. The van der Waals surface area contributed by atoms with Crippen molar-refractivity contribution in [1.29, 1.82) is 0 Å². The minimum absolute atomic E-state index is 0.106. The van der Waals surface area contributed by atoms with Crippen molar-refractivity contribution in [3.05, 3.63) is 29.8 Å². The molecule has 1 aromatic rings. The molecule has 2 rings (SSSR count). The molecule has 0 aromatic heterocycles. The Balaban J connectivity index is 2.10. The van der Waals surface area contributed by atoms with E-state index in [1.807, 2.05) is 6.26 Å². The van der Waals surface area contributed by atoms with Crippen molar-refractivity contribution in [2.24, 2.45) is 11.5 Å². The summed E-state index contributed by atoms with van der Waals surface area (Å²) in [6, 6.07) is 2.69. The molecule has 3 amide bonds. The largest absolute Gasteiger partial charge is 0.508 e. The lowest BCUT2D eigenvalue weighted by molar-refractivity contribution is -0.149. The standard InChI is InChI=1S/C25H39N5O6S/c1-37-14-11-19(28-22(32)18(27)15-16-7-9-17(31)10-8-16)23(33)29-20(5-2-3-12-26)24(34)30-13-4-6-21(30)25(35)36/h7-10,18-21,31H,2-6,11-15,26-27H2,1H3,(H,28,32)(H,29,33)(H,35,36). The van der Waals surface area contributed by atoms with Crippen LogP contribution in [0, 0.1) is 0 Å². The molecule has 12 heteroatoms. The number of carboxylic acid groups (broad SMARTS) is 1. The van der Waals surface area contributed by atoms with Crippen LogP contribution >= 0.6 is 11.8 Å². The number of unbranched alkanes of at least 4 members (excludes halogenated alkanes) is 1. The maximum absolute atomic E-state index is 13.3. The highest BCUT2D eigenvalue weighted by Crippen LogP contribution is 2.20. The molecule has 1 aromatic carbocycles. The van der Waals surface area contributed by atoms with E-state index in [4.69, 9.17) is 11.5 Å². The van der Waals surface area contributed by atoms with Crippen molar-refractivity contribution < 1.29 is 29.4 Å². The zero-order valence-electron chi connectivity index (χ0n) is 21.2. The number of benzene rings is 1. The van der Waals surface area contributed by atoms with E-state index in [1.54, 1.807) is 12.1 Å². The summed E-state index contributed by atoms with van der Waals surface area (Å²) in [6.07, 6.45) is 4.93. The number of hydrogen-bond donors (Lipinski definition) is 6. The van der Waals surface area contributed by atoms with Crippen LogP contribution in [0.2, 0.25) is 0 Å². The Morgan fingerprint density at radius 1 is 1.08 bits per heavy atom. The minimum atomic E-state index is -1.06. The van der Waals surface area contributed by atoms with Gasteiger partial charge in [-0.05, 0) is 81.2 Å². The van der Waals surface area contributed by atoms with Gasteiger partial charge in [-0.3, -0.25) is 14.4 Å². The summed E-state index contributed by atoms with van der Waals surface area (Å²) < 4.78 is 0. The van der Waals surface area contributed by atoms with Gasteiger partial charge in [0.1, 0.15) is 23.9 Å². The second-order valence-electron chi connectivity index (χ2n) is 9.19. The second-order valence-corrected chi connectivity index (χ2v) is 10.2. The predicted octanol–water partition coefficient (Wildman–Crippen LogP) is 0.189. The van der Waals surface area contributed by atoms with Gasteiger partial charge in [-0.1, -0.05) is 12.1 Å². The number of nitrogens with two attached hydrogens (primary N) is 2. The number of likely N-dealkylation sites (tertiary alicyclic amines) is 1.